The van der Waals surface area contributed by atoms with Crippen molar-refractivity contribution in [3.05, 3.63) is 35.5 Å². The number of aryl methyl sites for hydroxylation is 1. The van der Waals surface area contributed by atoms with Crippen LogP contribution >= 0.6 is 0 Å². The van der Waals surface area contributed by atoms with Crippen molar-refractivity contribution in [2.24, 2.45) is 0 Å². The number of rotatable bonds is 6. The molecule has 144 valence electrons. The Bertz CT molecular complexity index is 814. The van der Waals surface area contributed by atoms with Crippen LogP contribution in [-0.4, -0.2) is 61.8 Å². The molecule has 0 aliphatic carbocycles. The fourth-order valence-corrected chi connectivity index (χ4v) is 2.71. The number of methoxy groups -OCH3 is 1. The Morgan fingerprint density at radius 1 is 1.26 bits per heavy atom. The lowest BCUT2D eigenvalue weighted by atomic mass is 10.1. The molecule has 2 N–H and O–H groups in total. The molecule has 9 nitrogen and oxygen atoms in total. The summed E-state index contributed by atoms with van der Waals surface area (Å²) in [5, 5.41) is 9.30. The molecule has 1 aromatic carbocycles. The molecular formula is C18H22N4O5. The van der Waals surface area contributed by atoms with Gasteiger partial charge in [0.15, 0.2) is 0 Å². The summed E-state index contributed by atoms with van der Waals surface area (Å²) in [4.78, 5) is 26.4. The Balaban J connectivity index is 1.66. The second-order valence-corrected chi connectivity index (χ2v) is 6.05. The van der Waals surface area contributed by atoms with Gasteiger partial charge in [0.05, 0.1) is 38.2 Å². The number of nitrogens with one attached hydrogen (secondary N) is 2. The van der Waals surface area contributed by atoms with E-state index in [0.717, 1.165) is 0 Å². The van der Waals surface area contributed by atoms with Crippen molar-refractivity contribution in [3.8, 4) is 5.75 Å². The minimum absolute atomic E-state index is 0.0225. The molecule has 1 aliphatic heterocycles. The summed E-state index contributed by atoms with van der Waals surface area (Å²) in [6, 6.07) is 6.72. The Labute approximate surface area is 156 Å². The molecule has 0 saturated carbocycles. The lowest BCUT2D eigenvalue weighted by Gasteiger charge is -2.27. The summed E-state index contributed by atoms with van der Waals surface area (Å²) in [5.74, 6) is 0.433. The molecule has 0 bridgehead atoms. The summed E-state index contributed by atoms with van der Waals surface area (Å²) in [7, 11) is 1.53. The van der Waals surface area contributed by atoms with Crippen molar-refractivity contribution < 1.29 is 23.6 Å². The van der Waals surface area contributed by atoms with E-state index in [-0.39, 0.29) is 24.2 Å². The molecule has 1 fully saturated rings. The van der Waals surface area contributed by atoms with Crippen molar-refractivity contribution >= 4 is 23.4 Å². The number of morpholine rings is 1. The second kappa shape index (κ2) is 8.54. The first-order valence-electron chi connectivity index (χ1n) is 8.59. The molecule has 2 amide bonds. The molecule has 0 unspecified atom stereocenters. The summed E-state index contributed by atoms with van der Waals surface area (Å²) < 4.78 is 15.5. The Hall–Kier alpha value is -3.07. The van der Waals surface area contributed by atoms with Gasteiger partial charge >= 0.3 is 0 Å². The van der Waals surface area contributed by atoms with E-state index in [1.807, 2.05) is 0 Å². The van der Waals surface area contributed by atoms with E-state index in [4.69, 9.17) is 14.0 Å². The molecule has 3 rings (SSSR count). The van der Waals surface area contributed by atoms with Crippen LogP contribution in [-0.2, 0) is 9.53 Å². The van der Waals surface area contributed by atoms with Gasteiger partial charge in [0.1, 0.15) is 5.75 Å². The van der Waals surface area contributed by atoms with Crippen molar-refractivity contribution in [2.75, 3.05) is 50.6 Å². The number of ether oxygens (including phenoxy) is 2. The van der Waals surface area contributed by atoms with Gasteiger partial charge in [-0.2, -0.15) is 0 Å². The summed E-state index contributed by atoms with van der Waals surface area (Å²) in [6.45, 7) is 3.94. The minimum Gasteiger partial charge on any atom is -0.495 e. The van der Waals surface area contributed by atoms with Crippen LogP contribution in [0.5, 0.6) is 5.75 Å². The lowest BCUT2D eigenvalue weighted by Crippen LogP contribution is -2.40. The van der Waals surface area contributed by atoms with Crippen molar-refractivity contribution in [3.63, 3.8) is 0 Å². The predicted molar refractivity (Wildman–Crippen MR) is 98.1 cm³/mol. The van der Waals surface area contributed by atoms with Gasteiger partial charge in [-0.15, -0.1) is 0 Å². The van der Waals surface area contributed by atoms with Gasteiger partial charge in [-0.1, -0.05) is 5.16 Å². The monoisotopic (exact) mass is 374 g/mol. The van der Waals surface area contributed by atoms with Crippen molar-refractivity contribution in [1.29, 1.82) is 0 Å². The molecule has 0 spiro atoms. The SMILES string of the molecule is COc1ccc(C(=O)N2CCOCC2)cc1NCC(=O)Nc1cc(C)no1. The van der Waals surface area contributed by atoms with E-state index in [1.165, 1.54) is 7.11 Å². The topological polar surface area (TPSA) is 106 Å². The van der Waals surface area contributed by atoms with Gasteiger partial charge in [0.25, 0.3) is 5.91 Å². The highest BCUT2D eigenvalue weighted by molar-refractivity contribution is 5.96. The van der Waals surface area contributed by atoms with Crippen LogP contribution in [0, 0.1) is 6.92 Å². The molecule has 2 heterocycles. The second-order valence-electron chi connectivity index (χ2n) is 6.05. The van der Waals surface area contributed by atoms with Gasteiger partial charge in [0, 0.05) is 24.7 Å². The van der Waals surface area contributed by atoms with E-state index < -0.39 is 0 Å². The van der Waals surface area contributed by atoms with E-state index in [9.17, 15) is 9.59 Å². The van der Waals surface area contributed by atoms with Gasteiger partial charge in [-0.25, -0.2) is 0 Å². The van der Waals surface area contributed by atoms with E-state index in [1.54, 1.807) is 36.1 Å². The number of aromatic nitrogens is 1. The maximum absolute atomic E-state index is 12.6. The molecule has 0 atom stereocenters. The largest absolute Gasteiger partial charge is 0.495 e. The first kappa shape index (κ1) is 18.7. The first-order chi connectivity index (χ1) is 13.1. The van der Waals surface area contributed by atoms with Crippen molar-refractivity contribution in [2.45, 2.75) is 6.92 Å². The van der Waals surface area contributed by atoms with Gasteiger partial charge in [0.2, 0.25) is 11.8 Å². The average molecular weight is 374 g/mol. The van der Waals surface area contributed by atoms with Crippen LogP contribution in [0.15, 0.2) is 28.8 Å². The molecule has 0 radical (unpaired) electrons. The summed E-state index contributed by atoms with van der Waals surface area (Å²) in [6.07, 6.45) is 0. The molecule has 27 heavy (non-hydrogen) atoms. The third kappa shape index (κ3) is 4.76. The number of hydrogen-bond donors (Lipinski definition) is 2. The number of carbonyl (C=O) groups excluding carboxylic acids is 2. The Kier molecular flexibility index (Phi) is 5.92. The highest BCUT2D eigenvalue weighted by Gasteiger charge is 2.20. The fourth-order valence-electron chi connectivity index (χ4n) is 2.71. The normalized spacial score (nSPS) is 13.9. The number of anilines is 2. The quantitative estimate of drug-likeness (QED) is 0.789. The van der Waals surface area contributed by atoms with Gasteiger partial charge in [-0.05, 0) is 25.1 Å². The average Bonchev–Trinajstić information content (AvgIpc) is 3.10. The Morgan fingerprint density at radius 2 is 2.04 bits per heavy atom. The highest BCUT2D eigenvalue weighted by Crippen LogP contribution is 2.26. The zero-order valence-corrected chi connectivity index (χ0v) is 15.3. The predicted octanol–water partition coefficient (Wildman–Crippen LogP) is 1.51. The van der Waals surface area contributed by atoms with Crippen LogP contribution in [0.3, 0.4) is 0 Å². The third-order valence-corrected chi connectivity index (χ3v) is 4.07. The zero-order chi connectivity index (χ0) is 19.2. The van der Waals surface area contributed by atoms with Gasteiger partial charge < -0.3 is 24.2 Å². The molecular weight excluding hydrogens is 352 g/mol. The van der Waals surface area contributed by atoms with Crippen LogP contribution in [0.25, 0.3) is 0 Å². The number of nitrogens with zero attached hydrogens (tertiary/aromatic N) is 2. The number of amides is 2. The molecule has 1 aliphatic rings. The van der Waals surface area contributed by atoms with E-state index in [2.05, 4.69) is 15.8 Å². The maximum Gasteiger partial charge on any atom is 0.254 e. The van der Waals surface area contributed by atoms with Gasteiger partial charge in [-0.3, -0.25) is 14.9 Å². The minimum atomic E-state index is -0.307. The smallest absolute Gasteiger partial charge is 0.254 e. The lowest BCUT2D eigenvalue weighted by molar-refractivity contribution is -0.114. The number of benzene rings is 1. The number of hydrogen-bond acceptors (Lipinski definition) is 7. The summed E-state index contributed by atoms with van der Waals surface area (Å²) in [5.41, 5.74) is 1.75. The zero-order valence-electron chi connectivity index (χ0n) is 15.3. The molecule has 9 heteroatoms. The molecule has 1 aromatic heterocycles. The van der Waals surface area contributed by atoms with Crippen molar-refractivity contribution in [1.82, 2.24) is 10.1 Å². The molecule has 1 saturated heterocycles. The van der Waals surface area contributed by atoms with Crippen LogP contribution < -0.4 is 15.4 Å². The first-order valence-corrected chi connectivity index (χ1v) is 8.59. The third-order valence-electron chi connectivity index (χ3n) is 4.07. The van der Waals surface area contributed by atoms with Crippen LogP contribution in [0.4, 0.5) is 11.6 Å². The fraction of sp³-hybridized carbons (Fsp3) is 0.389. The summed E-state index contributed by atoms with van der Waals surface area (Å²) >= 11 is 0. The number of carbonyl (C=O) groups is 2. The van der Waals surface area contributed by atoms with Crippen LogP contribution in [0.1, 0.15) is 16.1 Å². The Morgan fingerprint density at radius 3 is 2.70 bits per heavy atom. The van der Waals surface area contributed by atoms with E-state index >= 15 is 0 Å². The van der Waals surface area contributed by atoms with E-state index in [0.29, 0.717) is 49.0 Å². The highest BCUT2D eigenvalue weighted by atomic mass is 16.5. The standard InChI is InChI=1S/C18H22N4O5/c1-12-9-17(27-21-12)20-16(23)11-19-14-10-13(3-4-15(14)25-2)18(24)22-5-7-26-8-6-22/h3-4,9-10,19H,5-8,11H2,1-2H3,(H,20,23). The molecule has 2 aromatic rings. The van der Waals surface area contributed by atoms with Crippen LogP contribution in [0.2, 0.25) is 0 Å². The maximum atomic E-state index is 12.6.